The van der Waals surface area contributed by atoms with Gasteiger partial charge in [0.15, 0.2) is 0 Å². The smallest absolute Gasteiger partial charge is 0.228 e. The first-order chi connectivity index (χ1) is 12.3. The Kier molecular flexibility index (Phi) is 4.81. The van der Waals surface area contributed by atoms with Crippen LogP contribution in [0.4, 0.5) is 11.8 Å². The summed E-state index contributed by atoms with van der Waals surface area (Å²) >= 11 is 0. The predicted molar refractivity (Wildman–Crippen MR) is 100 cm³/mol. The molecule has 0 bridgehead atoms. The molecule has 0 atom stereocenters. The molecule has 0 saturated carbocycles. The van der Waals surface area contributed by atoms with Gasteiger partial charge in [-0.15, -0.1) is 0 Å². The van der Waals surface area contributed by atoms with Gasteiger partial charge in [-0.3, -0.25) is 0 Å². The van der Waals surface area contributed by atoms with Gasteiger partial charge in [0.25, 0.3) is 0 Å². The molecule has 2 aliphatic rings. The molecule has 1 aromatic carbocycles. The third-order valence-corrected chi connectivity index (χ3v) is 4.89. The summed E-state index contributed by atoms with van der Waals surface area (Å²) in [5.41, 5.74) is 2.13. The lowest BCUT2D eigenvalue weighted by Gasteiger charge is -2.34. The molecule has 4 rings (SSSR count). The van der Waals surface area contributed by atoms with Gasteiger partial charge in [-0.05, 0) is 7.05 Å². The molecule has 132 valence electrons. The maximum absolute atomic E-state index is 5.48. The summed E-state index contributed by atoms with van der Waals surface area (Å²) in [6, 6.07) is 12.5. The van der Waals surface area contributed by atoms with Crippen molar-refractivity contribution in [2.45, 2.75) is 0 Å². The Morgan fingerprint density at radius 2 is 1.56 bits per heavy atom. The van der Waals surface area contributed by atoms with Crippen molar-refractivity contribution in [1.82, 2.24) is 14.9 Å². The van der Waals surface area contributed by atoms with Gasteiger partial charge in [-0.2, -0.15) is 4.98 Å². The Morgan fingerprint density at radius 1 is 0.840 bits per heavy atom. The largest absolute Gasteiger partial charge is 0.378 e. The Bertz CT molecular complexity index is 694. The zero-order valence-corrected chi connectivity index (χ0v) is 14.8. The van der Waals surface area contributed by atoms with E-state index in [1.54, 1.807) is 0 Å². The molecule has 0 N–H and O–H groups in total. The van der Waals surface area contributed by atoms with E-state index in [0.717, 1.165) is 75.5 Å². The van der Waals surface area contributed by atoms with Crippen LogP contribution >= 0.6 is 0 Å². The number of rotatable bonds is 3. The lowest BCUT2D eigenvalue weighted by molar-refractivity contribution is 0.122. The Balaban J connectivity index is 1.69. The Labute approximate surface area is 149 Å². The number of nitrogens with zero attached hydrogens (tertiary/aromatic N) is 5. The molecule has 3 heterocycles. The molecule has 2 fully saturated rings. The second kappa shape index (κ2) is 7.37. The highest BCUT2D eigenvalue weighted by Crippen LogP contribution is 2.25. The zero-order valence-electron chi connectivity index (χ0n) is 14.8. The van der Waals surface area contributed by atoms with E-state index in [2.05, 4.69) is 52.1 Å². The first kappa shape index (κ1) is 16.3. The normalized spacial score (nSPS) is 19.2. The molecule has 0 spiro atoms. The van der Waals surface area contributed by atoms with Crippen LogP contribution in [0.3, 0.4) is 0 Å². The van der Waals surface area contributed by atoms with E-state index >= 15 is 0 Å². The summed E-state index contributed by atoms with van der Waals surface area (Å²) in [7, 11) is 2.17. The molecule has 0 amide bonds. The van der Waals surface area contributed by atoms with Crippen molar-refractivity contribution in [2.24, 2.45) is 0 Å². The minimum Gasteiger partial charge on any atom is -0.378 e. The summed E-state index contributed by atoms with van der Waals surface area (Å²) in [5, 5.41) is 0. The molecular formula is C19H25N5O. The van der Waals surface area contributed by atoms with Gasteiger partial charge in [-0.1, -0.05) is 30.3 Å². The molecule has 2 aromatic rings. The van der Waals surface area contributed by atoms with Crippen LogP contribution in [0.5, 0.6) is 0 Å². The second-order valence-electron chi connectivity index (χ2n) is 6.67. The number of hydrogen-bond acceptors (Lipinski definition) is 6. The Morgan fingerprint density at radius 3 is 2.28 bits per heavy atom. The van der Waals surface area contributed by atoms with Crippen LogP contribution in [0.1, 0.15) is 0 Å². The number of likely N-dealkylation sites (N-methyl/N-ethyl adjacent to an activating group) is 1. The van der Waals surface area contributed by atoms with Crippen molar-refractivity contribution in [3.63, 3.8) is 0 Å². The van der Waals surface area contributed by atoms with E-state index in [1.807, 2.05) is 6.07 Å². The first-order valence-corrected chi connectivity index (χ1v) is 9.00. The molecule has 1 aromatic heterocycles. The number of aromatic nitrogens is 2. The number of anilines is 2. The average molecular weight is 339 g/mol. The number of hydrogen-bond donors (Lipinski definition) is 0. The number of morpholine rings is 1. The maximum Gasteiger partial charge on any atom is 0.228 e. The molecule has 6 nitrogen and oxygen atoms in total. The van der Waals surface area contributed by atoms with E-state index < -0.39 is 0 Å². The minimum atomic E-state index is 0.739. The van der Waals surface area contributed by atoms with Crippen molar-refractivity contribution in [3.8, 4) is 11.3 Å². The molecule has 2 saturated heterocycles. The van der Waals surface area contributed by atoms with Crippen LogP contribution in [0.2, 0.25) is 0 Å². The van der Waals surface area contributed by atoms with Crippen LogP contribution in [0, 0.1) is 0 Å². The maximum atomic E-state index is 5.48. The molecule has 0 aliphatic carbocycles. The fourth-order valence-corrected chi connectivity index (χ4v) is 3.28. The fraction of sp³-hybridized carbons (Fsp3) is 0.474. The van der Waals surface area contributed by atoms with Gasteiger partial charge >= 0.3 is 0 Å². The van der Waals surface area contributed by atoms with Gasteiger partial charge in [0.05, 0.1) is 18.9 Å². The minimum absolute atomic E-state index is 0.739. The van der Waals surface area contributed by atoms with E-state index in [-0.39, 0.29) is 0 Å². The molecule has 25 heavy (non-hydrogen) atoms. The van der Waals surface area contributed by atoms with Crippen molar-refractivity contribution in [1.29, 1.82) is 0 Å². The van der Waals surface area contributed by atoms with E-state index in [1.165, 1.54) is 0 Å². The summed E-state index contributed by atoms with van der Waals surface area (Å²) in [5.74, 6) is 1.85. The number of benzene rings is 1. The van der Waals surface area contributed by atoms with Crippen molar-refractivity contribution in [2.75, 3.05) is 69.3 Å². The summed E-state index contributed by atoms with van der Waals surface area (Å²) < 4.78 is 5.48. The fourth-order valence-electron chi connectivity index (χ4n) is 3.28. The van der Waals surface area contributed by atoms with E-state index in [9.17, 15) is 0 Å². The second-order valence-corrected chi connectivity index (χ2v) is 6.67. The zero-order chi connectivity index (χ0) is 17.1. The van der Waals surface area contributed by atoms with Crippen molar-refractivity contribution >= 4 is 11.8 Å². The highest BCUT2D eigenvalue weighted by Gasteiger charge is 2.20. The predicted octanol–water partition coefficient (Wildman–Crippen LogP) is 1.73. The highest BCUT2D eigenvalue weighted by atomic mass is 16.5. The Hall–Kier alpha value is -2.18. The van der Waals surface area contributed by atoms with E-state index in [0.29, 0.717) is 0 Å². The van der Waals surface area contributed by atoms with Crippen LogP contribution < -0.4 is 9.80 Å². The van der Waals surface area contributed by atoms with Crippen molar-refractivity contribution < 1.29 is 4.74 Å². The van der Waals surface area contributed by atoms with E-state index in [4.69, 9.17) is 14.7 Å². The lowest BCUT2D eigenvalue weighted by Crippen LogP contribution is -2.45. The quantitative estimate of drug-likeness (QED) is 0.849. The molecule has 2 aliphatic heterocycles. The van der Waals surface area contributed by atoms with Gasteiger partial charge in [0.2, 0.25) is 5.95 Å². The number of piperazine rings is 1. The third-order valence-electron chi connectivity index (χ3n) is 4.89. The van der Waals surface area contributed by atoms with Crippen molar-refractivity contribution in [3.05, 3.63) is 36.4 Å². The van der Waals surface area contributed by atoms with Crippen LogP contribution in [0.15, 0.2) is 36.4 Å². The van der Waals surface area contributed by atoms with Gasteiger partial charge in [0.1, 0.15) is 5.82 Å². The average Bonchev–Trinajstić information content (AvgIpc) is 2.69. The van der Waals surface area contributed by atoms with Gasteiger partial charge in [-0.25, -0.2) is 4.98 Å². The molecule has 6 heteroatoms. The van der Waals surface area contributed by atoms with Gasteiger partial charge in [0, 0.05) is 50.9 Å². The summed E-state index contributed by atoms with van der Waals surface area (Å²) in [4.78, 5) is 16.7. The first-order valence-electron chi connectivity index (χ1n) is 9.00. The van der Waals surface area contributed by atoms with Crippen LogP contribution in [0.25, 0.3) is 11.3 Å². The highest BCUT2D eigenvalue weighted by molar-refractivity contribution is 5.65. The molecule has 0 radical (unpaired) electrons. The summed E-state index contributed by atoms with van der Waals surface area (Å²) in [6.45, 7) is 7.32. The number of ether oxygens (including phenoxy) is 1. The standard InChI is InChI=1S/C19H25N5O/c1-22-7-9-23(10-8-22)18-15-17(16-5-3-2-4-6-16)20-19(21-18)24-11-13-25-14-12-24/h2-6,15H,7-14H2,1H3. The topological polar surface area (TPSA) is 44.7 Å². The lowest BCUT2D eigenvalue weighted by atomic mass is 10.1. The SMILES string of the molecule is CN1CCN(c2cc(-c3ccccc3)nc(N3CCOCC3)n2)CC1. The third kappa shape index (κ3) is 3.75. The van der Waals surface area contributed by atoms with Crippen LogP contribution in [-0.2, 0) is 4.74 Å². The molecular weight excluding hydrogens is 314 g/mol. The summed E-state index contributed by atoms with van der Waals surface area (Å²) in [6.07, 6.45) is 0. The monoisotopic (exact) mass is 339 g/mol. The molecule has 0 unspecified atom stereocenters. The van der Waals surface area contributed by atoms with Crippen LogP contribution in [-0.4, -0.2) is 74.4 Å². The van der Waals surface area contributed by atoms with Gasteiger partial charge < -0.3 is 19.4 Å².